The van der Waals surface area contributed by atoms with Crippen molar-refractivity contribution in [1.29, 1.82) is 0 Å². The Morgan fingerprint density at radius 3 is 2.34 bits per heavy atom. The van der Waals surface area contributed by atoms with E-state index >= 15 is 0 Å². The summed E-state index contributed by atoms with van der Waals surface area (Å²) in [5.41, 5.74) is 1.94. The molecule has 1 aromatic rings. The Hall–Kier alpha value is -1.64. The molecule has 0 heterocycles. The molecule has 2 fully saturated rings. The third-order valence-electron chi connectivity index (χ3n) is 8.20. The maximum absolute atomic E-state index is 14.7. The summed E-state index contributed by atoms with van der Waals surface area (Å²) in [6.45, 7) is 6.29. The second-order valence-electron chi connectivity index (χ2n) is 10.3. The van der Waals surface area contributed by atoms with Crippen molar-refractivity contribution in [2.24, 2.45) is 17.8 Å². The number of aryl methyl sites for hydroxylation is 1. The fraction of sp³-hybridized carbons (Fsp3) is 0.690. The van der Waals surface area contributed by atoms with Crippen molar-refractivity contribution in [2.75, 3.05) is 6.54 Å². The molecular weight excluding hydrogens is 397 g/mol. The minimum atomic E-state index is -0.170. The molecular formula is C29H44FNO. The van der Waals surface area contributed by atoms with Crippen LogP contribution in [0.1, 0.15) is 107 Å². The molecule has 3 heteroatoms. The van der Waals surface area contributed by atoms with Crippen molar-refractivity contribution >= 4 is 5.91 Å². The fourth-order valence-corrected chi connectivity index (χ4v) is 6.14. The summed E-state index contributed by atoms with van der Waals surface area (Å²) in [7, 11) is 0. The van der Waals surface area contributed by atoms with Gasteiger partial charge in [0.05, 0.1) is 0 Å². The van der Waals surface area contributed by atoms with Crippen molar-refractivity contribution in [3.63, 3.8) is 0 Å². The maximum atomic E-state index is 14.7. The molecule has 0 unspecified atom stereocenters. The zero-order valence-electron chi connectivity index (χ0n) is 20.2. The van der Waals surface area contributed by atoms with Crippen molar-refractivity contribution < 1.29 is 9.18 Å². The zero-order valence-corrected chi connectivity index (χ0v) is 20.2. The van der Waals surface area contributed by atoms with Gasteiger partial charge in [0.1, 0.15) is 5.82 Å². The molecule has 3 rings (SSSR count). The van der Waals surface area contributed by atoms with E-state index in [0.717, 1.165) is 29.7 Å². The highest BCUT2D eigenvalue weighted by atomic mass is 19.1. The topological polar surface area (TPSA) is 29.1 Å². The van der Waals surface area contributed by atoms with E-state index in [9.17, 15) is 9.18 Å². The third kappa shape index (κ3) is 7.46. The van der Waals surface area contributed by atoms with Gasteiger partial charge in [-0.15, -0.1) is 0 Å². The average molecular weight is 442 g/mol. The lowest BCUT2D eigenvalue weighted by molar-refractivity contribution is -0.116. The van der Waals surface area contributed by atoms with Gasteiger partial charge >= 0.3 is 0 Å². The number of rotatable bonds is 11. The van der Waals surface area contributed by atoms with Crippen molar-refractivity contribution in [1.82, 2.24) is 5.32 Å². The van der Waals surface area contributed by atoms with Crippen LogP contribution in [-0.2, 0) is 11.2 Å². The summed E-state index contributed by atoms with van der Waals surface area (Å²) in [6, 6.07) is 5.89. The molecule has 1 amide bonds. The van der Waals surface area contributed by atoms with Crippen LogP contribution in [0.25, 0.3) is 0 Å². The van der Waals surface area contributed by atoms with E-state index in [1.165, 1.54) is 88.7 Å². The van der Waals surface area contributed by atoms with Crippen LogP contribution in [0.4, 0.5) is 4.39 Å². The van der Waals surface area contributed by atoms with Crippen molar-refractivity contribution in [3.8, 4) is 0 Å². The molecule has 0 atom stereocenters. The standard InChI is InChI=1S/C29H44FNO/c1-3-5-6-8-22-10-12-23(13-11-22)24-14-16-25(17-15-24)27-19-18-26(28(30)21-27)9-7-20-31-29(32)4-2/h4,18-19,21-25H,2-3,5-17,20H2,1H3,(H,31,32). The average Bonchev–Trinajstić information content (AvgIpc) is 2.83. The van der Waals surface area contributed by atoms with E-state index in [1.807, 2.05) is 6.07 Å². The molecule has 2 aliphatic rings. The van der Waals surface area contributed by atoms with Gasteiger partial charge in [-0.2, -0.15) is 0 Å². The number of hydrogen-bond acceptors (Lipinski definition) is 1. The zero-order chi connectivity index (χ0) is 22.8. The molecule has 2 saturated carbocycles. The minimum Gasteiger partial charge on any atom is -0.353 e. The predicted octanol–water partition coefficient (Wildman–Crippen LogP) is 7.72. The molecule has 1 N–H and O–H groups in total. The molecule has 2 nitrogen and oxygen atoms in total. The van der Waals surface area contributed by atoms with Crippen LogP contribution >= 0.6 is 0 Å². The van der Waals surface area contributed by atoms with Crippen LogP contribution in [0.3, 0.4) is 0 Å². The van der Waals surface area contributed by atoms with Crippen molar-refractivity contribution in [3.05, 3.63) is 47.8 Å². The number of carbonyl (C=O) groups excluding carboxylic acids is 1. The number of halogens is 1. The molecule has 0 saturated heterocycles. The monoisotopic (exact) mass is 441 g/mol. The van der Waals surface area contributed by atoms with E-state index in [-0.39, 0.29) is 11.7 Å². The minimum absolute atomic E-state index is 0.0823. The Bertz CT molecular complexity index is 714. The quantitative estimate of drug-likeness (QED) is 0.276. The number of amides is 1. The highest BCUT2D eigenvalue weighted by molar-refractivity contribution is 5.86. The first-order chi connectivity index (χ1) is 15.6. The van der Waals surface area contributed by atoms with Gasteiger partial charge in [-0.3, -0.25) is 4.79 Å². The molecule has 1 aromatic carbocycles. The largest absolute Gasteiger partial charge is 0.353 e. The fourth-order valence-electron chi connectivity index (χ4n) is 6.14. The first-order valence-corrected chi connectivity index (χ1v) is 13.3. The maximum Gasteiger partial charge on any atom is 0.243 e. The van der Waals surface area contributed by atoms with Crippen LogP contribution in [0.15, 0.2) is 30.9 Å². The molecule has 0 spiro atoms. The van der Waals surface area contributed by atoms with Gasteiger partial charge in [-0.1, -0.05) is 64.2 Å². The highest BCUT2D eigenvalue weighted by Crippen LogP contribution is 2.44. The summed E-state index contributed by atoms with van der Waals surface area (Å²) in [5, 5.41) is 2.75. The molecule has 32 heavy (non-hydrogen) atoms. The number of unbranched alkanes of at least 4 members (excludes halogenated alkanes) is 2. The first kappa shape index (κ1) is 25.0. The van der Waals surface area contributed by atoms with Crippen molar-refractivity contribution in [2.45, 2.75) is 103 Å². The Labute approximate surface area is 195 Å². The predicted molar refractivity (Wildman–Crippen MR) is 132 cm³/mol. The molecule has 0 radical (unpaired) electrons. The van der Waals surface area contributed by atoms with Crippen LogP contribution in [0.2, 0.25) is 0 Å². The Morgan fingerprint density at radius 1 is 1.03 bits per heavy atom. The highest BCUT2D eigenvalue weighted by Gasteiger charge is 2.31. The van der Waals surface area contributed by atoms with E-state index in [2.05, 4.69) is 24.9 Å². The number of nitrogens with one attached hydrogen (secondary N) is 1. The molecule has 178 valence electrons. The molecule has 0 aliphatic heterocycles. The van der Waals surface area contributed by atoms with Gasteiger partial charge in [-0.05, 0) is 98.3 Å². The third-order valence-corrected chi connectivity index (χ3v) is 8.20. The van der Waals surface area contributed by atoms with Gasteiger partial charge in [0.2, 0.25) is 5.91 Å². The van der Waals surface area contributed by atoms with Crippen LogP contribution in [0.5, 0.6) is 0 Å². The van der Waals surface area contributed by atoms with E-state index in [4.69, 9.17) is 0 Å². The van der Waals surface area contributed by atoms with E-state index in [1.54, 1.807) is 6.07 Å². The summed E-state index contributed by atoms with van der Waals surface area (Å²) < 4.78 is 14.7. The van der Waals surface area contributed by atoms with Gasteiger partial charge in [0.15, 0.2) is 0 Å². The molecule has 2 aliphatic carbocycles. The Morgan fingerprint density at radius 2 is 1.72 bits per heavy atom. The molecule has 0 bridgehead atoms. The van der Waals surface area contributed by atoms with Gasteiger partial charge in [0, 0.05) is 6.54 Å². The van der Waals surface area contributed by atoms with Crippen LogP contribution in [-0.4, -0.2) is 12.5 Å². The summed E-state index contributed by atoms with van der Waals surface area (Å²) in [4.78, 5) is 11.2. The van der Waals surface area contributed by atoms with Crippen LogP contribution in [0, 0.1) is 23.6 Å². The normalized spacial score (nSPS) is 25.9. The number of carbonyl (C=O) groups is 1. The smallest absolute Gasteiger partial charge is 0.243 e. The van der Waals surface area contributed by atoms with Crippen LogP contribution < -0.4 is 5.32 Å². The second kappa shape index (κ2) is 13.2. The van der Waals surface area contributed by atoms with Gasteiger partial charge < -0.3 is 5.32 Å². The first-order valence-electron chi connectivity index (χ1n) is 13.3. The number of hydrogen-bond donors (Lipinski definition) is 1. The second-order valence-corrected chi connectivity index (χ2v) is 10.3. The lowest BCUT2D eigenvalue weighted by atomic mass is 9.68. The number of benzene rings is 1. The lowest BCUT2D eigenvalue weighted by Crippen LogP contribution is -2.25. The Balaban J connectivity index is 1.40. The SMILES string of the molecule is C=CC(=O)NCCCc1ccc(C2CCC(C3CCC(CCCCC)CC3)CC2)cc1F. The summed E-state index contributed by atoms with van der Waals surface area (Å²) in [5.74, 6) is 3.11. The van der Waals surface area contributed by atoms with Gasteiger partial charge in [0.25, 0.3) is 0 Å². The summed E-state index contributed by atoms with van der Waals surface area (Å²) in [6.07, 6.45) is 19.2. The van der Waals surface area contributed by atoms with Gasteiger partial charge in [-0.25, -0.2) is 4.39 Å². The van der Waals surface area contributed by atoms with E-state index in [0.29, 0.717) is 18.9 Å². The van der Waals surface area contributed by atoms with E-state index < -0.39 is 0 Å². The molecule has 0 aromatic heterocycles. The lowest BCUT2D eigenvalue weighted by Gasteiger charge is -2.38. The summed E-state index contributed by atoms with van der Waals surface area (Å²) >= 11 is 0. The Kier molecular flexibility index (Phi) is 10.3.